The highest BCUT2D eigenvalue weighted by molar-refractivity contribution is 6.30. The molecule has 0 radical (unpaired) electrons. The normalized spacial score (nSPS) is 10.2. The van der Waals surface area contributed by atoms with Crippen molar-refractivity contribution >= 4 is 17.5 Å². The summed E-state index contributed by atoms with van der Waals surface area (Å²) >= 11 is 5.76. The van der Waals surface area contributed by atoms with Crippen molar-refractivity contribution < 1.29 is 4.79 Å². The van der Waals surface area contributed by atoms with Gasteiger partial charge in [0, 0.05) is 32.2 Å². The van der Waals surface area contributed by atoms with Crippen LogP contribution in [0.4, 0.5) is 0 Å². The Hall–Kier alpha value is -1.81. The van der Waals surface area contributed by atoms with Crippen LogP contribution in [0.25, 0.3) is 0 Å². The molecule has 0 fully saturated rings. The number of hydrogen-bond donors (Lipinski definition) is 1. The van der Waals surface area contributed by atoms with Crippen molar-refractivity contribution in [3.63, 3.8) is 0 Å². The van der Waals surface area contributed by atoms with Gasteiger partial charge in [0.05, 0.1) is 5.02 Å². The van der Waals surface area contributed by atoms with Gasteiger partial charge in [-0.05, 0) is 17.7 Å². The minimum absolute atomic E-state index is 0.0965. The Morgan fingerprint density at radius 3 is 3.00 bits per heavy atom. The van der Waals surface area contributed by atoms with E-state index in [-0.39, 0.29) is 5.91 Å². The fraction of sp³-hybridized carbons (Fsp3) is 0.167. The maximum atomic E-state index is 12.0. The number of nitrogens with one attached hydrogen (secondary N) is 1. The molecule has 0 aliphatic rings. The molecule has 0 saturated heterocycles. The summed E-state index contributed by atoms with van der Waals surface area (Å²) in [5.74, 6) is -0.0965. The molecular formula is C12H12ClN3O. The van der Waals surface area contributed by atoms with Crippen molar-refractivity contribution in [3.05, 3.63) is 53.1 Å². The molecule has 2 heterocycles. The van der Waals surface area contributed by atoms with E-state index in [0.29, 0.717) is 17.3 Å². The lowest BCUT2D eigenvalue weighted by Crippen LogP contribution is -2.26. The largest absolute Gasteiger partial charge is 0.356 e. The Labute approximate surface area is 104 Å². The van der Waals surface area contributed by atoms with E-state index in [4.69, 9.17) is 11.6 Å². The number of aromatic nitrogens is 2. The molecule has 0 aliphatic carbocycles. The molecule has 2 aromatic rings. The third-order valence-corrected chi connectivity index (χ3v) is 2.59. The third kappa shape index (κ3) is 2.85. The summed E-state index contributed by atoms with van der Waals surface area (Å²) in [6.45, 7) is 0.517. The smallest absolute Gasteiger partial charge is 0.270 e. The van der Waals surface area contributed by atoms with Crippen LogP contribution < -0.4 is 0 Å². The van der Waals surface area contributed by atoms with E-state index in [1.807, 2.05) is 12.1 Å². The number of carbonyl (C=O) groups is 1. The van der Waals surface area contributed by atoms with Crippen LogP contribution in [0.3, 0.4) is 0 Å². The molecule has 88 valence electrons. The van der Waals surface area contributed by atoms with Gasteiger partial charge in [0.15, 0.2) is 0 Å². The van der Waals surface area contributed by atoms with Crippen LogP contribution in [0.15, 0.2) is 36.8 Å². The van der Waals surface area contributed by atoms with E-state index in [0.717, 1.165) is 5.56 Å². The summed E-state index contributed by atoms with van der Waals surface area (Å²) in [6, 6.07) is 5.39. The average Bonchev–Trinajstić information content (AvgIpc) is 2.76. The number of halogens is 1. The molecule has 2 rings (SSSR count). The monoisotopic (exact) mass is 249 g/mol. The van der Waals surface area contributed by atoms with Gasteiger partial charge in [-0.3, -0.25) is 9.78 Å². The summed E-state index contributed by atoms with van der Waals surface area (Å²) < 4.78 is 0. The quantitative estimate of drug-likeness (QED) is 0.908. The first kappa shape index (κ1) is 11.7. The van der Waals surface area contributed by atoms with Crippen molar-refractivity contribution in [2.24, 2.45) is 0 Å². The van der Waals surface area contributed by atoms with Gasteiger partial charge >= 0.3 is 0 Å². The van der Waals surface area contributed by atoms with Crippen molar-refractivity contribution in [2.45, 2.75) is 6.54 Å². The molecule has 0 aromatic carbocycles. The van der Waals surface area contributed by atoms with Crippen LogP contribution in [0.2, 0.25) is 5.02 Å². The zero-order valence-corrected chi connectivity index (χ0v) is 10.1. The van der Waals surface area contributed by atoms with E-state index in [1.54, 1.807) is 36.6 Å². The zero-order chi connectivity index (χ0) is 12.3. The molecule has 2 aromatic heterocycles. The molecular weight excluding hydrogens is 238 g/mol. The Balaban J connectivity index is 2.06. The topological polar surface area (TPSA) is 49.0 Å². The lowest BCUT2D eigenvalue weighted by molar-refractivity contribution is 0.0780. The molecule has 0 unspecified atom stereocenters. The fourth-order valence-electron chi connectivity index (χ4n) is 1.53. The molecule has 0 spiro atoms. The standard InChI is InChI=1S/C12H12ClN3O/c1-16(8-9-3-2-4-14-6-9)12(17)11-5-10(13)7-15-11/h2-7,15H,8H2,1H3. The number of nitrogens with zero attached hydrogens (tertiary/aromatic N) is 2. The summed E-state index contributed by atoms with van der Waals surface area (Å²) in [5.41, 5.74) is 1.47. The summed E-state index contributed by atoms with van der Waals surface area (Å²) in [4.78, 5) is 20.4. The highest BCUT2D eigenvalue weighted by Crippen LogP contribution is 2.12. The van der Waals surface area contributed by atoms with Crippen LogP contribution in [-0.2, 0) is 6.54 Å². The highest BCUT2D eigenvalue weighted by Gasteiger charge is 2.13. The van der Waals surface area contributed by atoms with E-state index in [1.165, 1.54) is 0 Å². The molecule has 1 amide bonds. The third-order valence-electron chi connectivity index (χ3n) is 2.37. The van der Waals surface area contributed by atoms with Crippen molar-refractivity contribution in [3.8, 4) is 0 Å². The molecule has 17 heavy (non-hydrogen) atoms. The number of rotatable bonds is 3. The number of pyridine rings is 1. The van der Waals surface area contributed by atoms with Crippen molar-refractivity contribution in [2.75, 3.05) is 7.05 Å². The van der Waals surface area contributed by atoms with Gasteiger partial charge in [-0.15, -0.1) is 0 Å². The van der Waals surface area contributed by atoms with Crippen LogP contribution >= 0.6 is 11.6 Å². The first-order chi connectivity index (χ1) is 8.16. The van der Waals surface area contributed by atoms with Gasteiger partial charge in [0.25, 0.3) is 5.91 Å². The molecule has 4 nitrogen and oxygen atoms in total. The lowest BCUT2D eigenvalue weighted by Gasteiger charge is -2.15. The number of hydrogen-bond acceptors (Lipinski definition) is 2. The fourth-order valence-corrected chi connectivity index (χ4v) is 1.70. The van der Waals surface area contributed by atoms with Crippen molar-refractivity contribution in [1.82, 2.24) is 14.9 Å². The molecule has 5 heteroatoms. The van der Waals surface area contributed by atoms with Gasteiger partial charge in [-0.2, -0.15) is 0 Å². The number of aromatic amines is 1. The summed E-state index contributed by atoms with van der Waals surface area (Å²) in [7, 11) is 1.74. The molecule has 0 atom stereocenters. The van der Waals surface area contributed by atoms with Crippen LogP contribution in [0, 0.1) is 0 Å². The highest BCUT2D eigenvalue weighted by atomic mass is 35.5. The minimum Gasteiger partial charge on any atom is -0.356 e. The number of carbonyl (C=O) groups excluding carboxylic acids is 1. The summed E-state index contributed by atoms with van der Waals surface area (Å²) in [5, 5.41) is 0.531. The lowest BCUT2D eigenvalue weighted by atomic mass is 10.2. The maximum Gasteiger partial charge on any atom is 0.270 e. The number of H-pyrrole nitrogens is 1. The second kappa shape index (κ2) is 5.01. The van der Waals surface area contributed by atoms with Gasteiger partial charge in [0.2, 0.25) is 0 Å². The molecule has 1 N–H and O–H groups in total. The van der Waals surface area contributed by atoms with E-state index >= 15 is 0 Å². The van der Waals surface area contributed by atoms with Gasteiger partial charge < -0.3 is 9.88 Å². The minimum atomic E-state index is -0.0965. The first-order valence-corrected chi connectivity index (χ1v) is 5.53. The predicted octanol–water partition coefficient (Wildman–Crippen LogP) is 2.34. The van der Waals surface area contributed by atoms with Gasteiger partial charge in [-0.25, -0.2) is 0 Å². The second-order valence-electron chi connectivity index (χ2n) is 3.75. The van der Waals surface area contributed by atoms with Crippen molar-refractivity contribution in [1.29, 1.82) is 0 Å². The maximum absolute atomic E-state index is 12.0. The van der Waals surface area contributed by atoms with E-state index < -0.39 is 0 Å². The van der Waals surface area contributed by atoms with Gasteiger partial charge in [0.1, 0.15) is 5.69 Å². The summed E-state index contributed by atoms with van der Waals surface area (Å²) in [6.07, 6.45) is 5.04. The zero-order valence-electron chi connectivity index (χ0n) is 9.35. The Morgan fingerprint density at radius 2 is 2.41 bits per heavy atom. The van der Waals surface area contributed by atoms with Crippen LogP contribution in [0.1, 0.15) is 16.1 Å². The van der Waals surface area contributed by atoms with Crippen LogP contribution in [-0.4, -0.2) is 27.8 Å². The molecule has 0 aliphatic heterocycles. The second-order valence-corrected chi connectivity index (χ2v) is 4.19. The van der Waals surface area contributed by atoms with Crippen LogP contribution in [0.5, 0.6) is 0 Å². The Morgan fingerprint density at radius 1 is 1.59 bits per heavy atom. The van der Waals surface area contributed by atoms with E-state index in [2.05, 4.69) is 9.97 Å². The van der Waals surface area contributed by atoms with Gasteiger partial charge in [-0.1, -0.05) is 17.7 Å². The predicted molar refractivity (Wildman–Crippen MR) is 65.8 cm³/mol. The molecule has 0 saturated carbocycles. The Bertz CT molecular complexity index is 509. The average molecular weight is 250 g/mol. The SMILES string of the molecule is CN(Cc1cccnc1)C(=O)c1cc(Cl)c[nH]1. The Kier molecular flexibility index (Phi) is 3.44. The number of amides is 1. The molecule has 0 bridgehead atoms. The first-order valence-electron chi connectivity index (χ1n) is 5.15. The van der Waals surface area contributed by atoms with E-state index in [9.17, 15) is 4.79 Å².